The Bertz CT molecular complexity index is 1040. The number of benzene rings is 3. The van der Waals surface area contributed by atoms with Crippen LogP contribution in [0.25, 0.3) is 0 Å². The van der Waals surface area contributed by atoms with Crippen molar-refractivity contribution in [2.24, 2.45) is 5.10 Å². The summed E-state index contributed by atoms with van der Waals surface area (Å²) in [6.45, 7) is 2.36. The molecule has 0 aromatic heterocycles. The van der Waals surface area contributed by atoms with Gasteiger partial charge in [-0.2, -0.15) is 5.10 Å². The van der Waals surface area contributed by atoms with E-state index in [1.165, 1.54) is 17.3 Å². The molecule has 33 heavy (non-hydrogen) atoms. The van der Waals surface area contributed by atoms with Crippen LogP contribution in [-0.2, 0) is 16.0 Å². The molecule has 0 aliphatic rings. The predicted molar refractivity (Wildman–Crippen MR) is 133 cm³/mol. The molecule has 0 fully saturated rings. The van der Waals surface area contributed by atoms with Gasteiger partial charge in [-0.3, -0.25) is 9.59 Å². The van der Waals surface area contributed by atoms with E-state index in [0.29, 0.717) is 12.3 Å². The molecule has 3 aromatic rings. The fourth-order valence-electron chi connectivity index (χ4n) is 2.86. The molecule has 7 heteroatoms. The number of nitrogens with zero attached hydrogens (tertiary/aromatic N) is 1. The summed E-state index contributed by atoms with van der Waals surface area (Å²) in [5.41, 5.74) is 4.54. The number of ether oxygens (including phenoxy) is 1. The highest BCUT2D eigenvalue weighted by Crippen LogP contribution is 2.22. The van der Waals surface area contributed by atoms with E-state index in [0.717, 1.165) is 16.9 Å². The molecule has 0 unspecified atom stereocenters. The molecule has 6 nitrogen and oxygen atoms in total. The van der Waals surface area contributed by atoms with Gasteiger partial charge >= 0.3 is 0 Å². The van der Waals surface area contributed by atoms with Crippen molar-refractivity contribution in [3.63, 3.8) is 0 Å². The highest BCUT2D eigenvalue weighted by atomic mass is 32.2. The van der Waals surface area contributed by atoms with Crippen molar-refractivity contribution in [2.45, 2.75) is 23.5 Å². The van der Waals surface area contributed by atoms with Gasteiger partial charge in [0.15, 0.2) is 6.61 Å². The van der Waals surface area contributed by atoms with Crippen molar-refractivity contribution in [3.8, 4) is 5.75 Å². The van der Waals surface area contributed by atoms with Crippen molar-refractivity contribution < 1.29 is 14.3 Å². The maximum Gasteiger partial charge on any atom is 0.257 e. The molecule has 0 heterocycles. The summed E-state index contributed by atoms with van der Waals surface area (Å²) in [4.78, 5) is 25.2. The summed E-state index contributed by atoms with van der Waals surface area (Å²) in [5.74, 6) is 0.252. The van der Waals surface area contributed by atoms with Crippen molar-refractivity contribution in [1.29, 1.82) is 0 Å². The lowest BCUT2D eigenvalue weighted by molar-refractivity contribution is -0.123. The minimum atomic E-state index is -0.265. The Morgan fingerprint density at radius 2 is 1.64 bits per heavy atom. The Labute approximate surface area is 198 Å². The molecular formula is C26H27N3O3S. The van der Waals surface area contributed by atoms with E-state index in [2.05, 4.69) is 15.8 Å². The Morgan fingerprint density at radius 1 is 0.970 bits per heavy atom. The first-order valence-electron chi connectivity index (χ1n) is 10.7. The van der Waals surface area contributed by atoms with Crippen LogP contribution in [0.5, 0.6) is 5.75 Å². The maximum atomic E-state index is 12.2. The van der Waals surface area contributed by atoms with Gasteiger partial charge in [-0.25, -0.2) is 5.43 Å². The Balaban J connectivity index is 1.35. The first kappa shape index (κ1) is 24.1. The van der Waals surface area contributed by atoms with Gasteiger partial charge in [0, 0.05) is 11.4 Å². The van der Waals surface area contributed by atoms with Crippen LogP contribution in [0.3, 0.4) is 0 Å². The summed E-state index contributed by atoms with van der Waals surface area (Å²) in [6.07, 6.45) is 2.35. The number of thioether (sulfide) groups is 1. The molecule has 0 saturated carbocycles. The fourth-order valence-corrected chi connectivity index (χ4v) is 3.74. The van der Waals surface area contributed by atoms with E-state index < -0.39 is 0 Å². The van der Waals surface area contributed by atoms with Crippen LogP contribution in [0.1, 0.15) is 18.1 Å². The monoisotopic (exact) mass is 461 g/mol. The van der Waals surface area contributed by atoms with Gasteiger partial charge in [-0.15, -0.1) is 11.8 Å². The molecule has 170 valence electrons. The summed E-state index contributed by atoms with van der Waals surface area (Å²) < 4.78 is 5.53. The van der Waals surface area contributed by atoms with Gasteiger partial charge in [0.2, 0.25) is 0 Å². The minimum absolute atomic E-state index is 0.0464. The zero-order valence-corrected chi connectivity index (χ0v) is 19.3. The van der Waals surface area contributed by atoms with Gasteiger partial charge in [0.25, 0.3) is 11.8 Å². The molecule has 3 aromatic carbocycles. The number of hydrogen-bond acceptors (Lipinski definition) is 5. The molecular weight excluding hydrogens is 434 g/mol. The number of rotatable bonds is 11. The largest absolute Gasteiger partial charge is 0.484 e. The molecule has 0 bridgehead atoms. The first-order chi connectivity index (χ1) is 16.1. The van der Waals surface area contributed by atoms with Crippen LogP contribution < -0.4 is 15.5 Å². The number of hydrogen-bond donors (Lipinski definition) is 2. The predicted octanol–water partition coefficient (Wildman–Crippen LogP) is 4.06. The summed E-state index contributed by atoms with van der Waals surface area (Å²) in [7, 11) is 0. The normalized spacial score (nSPS) is 11.7. The van der Waals surface area contributed by atoms with E-state index in [9.17, 15) is 9.59 Å². The van der Waals surface area contributed by atoms with Crippen LogP contribution in [0.4, 0.5) is 0 Å². The number of carbonyl (C=O) groups excluding carboxylic acids is 2. The topological polar surface area (TPSA) is 79.8 Å². The molecule has 1 atom stereocenters. The van der Waals surface area contributed by atoms with Crippen LogP contribution in [-0.4, -0.2) is 36.4 Å². The highest BCUT2D eigenvalue weighted by molar-refractivity contribution is 8.00. The third-order valence-corrected chi connectivity index (χ3v) is 5.75. The zero-order valence-electron chi connectivity index (χ0n) is 18.4. The quantitative estimate of drug-likeness (QED) is 0.256. The van der Waals surface area contributed by atoms with Gasteiger partial charge in [0.05, 0.1) is 11.5 Å². The third-order valence-electron chi connectivity index (χ3n) is 4.64. The molecule has 0 aliphatic carbocycles. The van der Waals surface area contributed by atoms with Crippen molar-refractivity contribution in [2.75, 3.05) is 13.2 Å². The van der Waals surface area contributed by atoms with Crippen molar-refractivity contribution in [1.82, 2.24) is 10.7 Å². The number of hydrazone groups is 1. The van der Waals surface area contributed by atoms with Gasteiger partial charge in [-0.05, 0) is 60.9 Å². The molecule has 0 aliphatic heterocycles. The lowest BCUT2D eigenvalue weighted by Gasteiger charge is -2.09. The molecule has 2 amide bonds. The number of amides is 2. The third kappa shape index (κ3) is 8.82. The van der Waals surface area contributed by atoms with Crippen LogP contribution in [0, 0.1) is 0 Å². The van der Waals surface area contributed by atoms with Crippen molar-refractivity contribution in [3.05, 3.63) is 96.1 Å². The van der Waals surface area contributed by atoms with E-state index in [-0.39, 0.29) is 23.7 Å². The molecule has 0 radical (unpaired) electrons. The van der Waals surface area contributed by atoms with Gasteiger partial charge in [-0.1, -0.05) is 48.5 Å². The van der Waals surface area contributed by atoms with Crippen LogP contribution in [0.2, 0.25) is 0 Å². The Hall–Kier alpha value is -3.58. The average Bonchev–Trinajstić information content (AvgIpc) is 2.85. The van der Waals surface area contributed by atoms with Gasteiger partial charge in [0.1, 0.15) is 5.75 Å². The fraction of sp³-hybridized carbons (Fsp3) is 0.192. The highest BCUT2D eigenvalue weighted by Gasteiger charge is 2.13. The molecule has 0 saturated heterocycles. The van der Waals surface area contributed by atoms with E-state index in [1.807, 2.05) is 67.6 Å². The molecule has 0 spiro atoms. The van der Waals surface area contributed by atoms with Crippen molar-refractivity contribution >= 4 is 29.8 Å². The second-order valence-electron chi connectivity index (χ2n) is 7.25. The maximum absolute atomic E-state index is 12.2. The second kappa shape index (κ2) is 13.1. The van der Waals surface area contributed by atoms with E-state index in [1.54, 1.807) is 30.5 Å². The first-order valence-corrected chi connectivity index (χ1v) is 11.6. The summed E-state index contributed by atoms with van der Waals surface area (Å²) in [5, 5.41) is 6.61. The Morgan fingerprint density at radius 3 is 2.33 bits per heavy atom. The van der Waals surface area contributed by atoms with Gasteiger partial charge < -0.3 is 10.1 Å². The number of carbonyl (C=O) groups is 2. The van der Waals surface area contributed by atoms with Crippen LogP contribution >= 0.6 is 11.8 Å². The van der Waals surface area contributed by atoms with E-state index >= 15 is 0 Å². The minimum Gasteiger partial charge on any atom is -0.484 e. The molecule has 2 N–H and O–H groups in total. The lowest BCUT2D eigenvalue weighted by Crippen LogP contribution is -2.30. The Kier molecular flexibility index (Phi) is 9.54. The standard InChI is InChI=1S/C26H27N3O3S/c1-20(33-24-10-6-3-7-11-24)26(31)29-28-18-22-12-14-23(15-13-22)32-19-25(30)27-17-16-21-8-4-2-5-9-21/h2-15,18,20H,16-17,19H2,1H3,(H,27,30)(H,29,31)/b28-18-/t20-/m0/s1. The smallest absolute Gasteiger partial charge is 0.257 e. The van der Waals surface area contributed by atoms with Crippen LogP contribution in [0.15, 0.2) is 94.9 Å². The second-order valence-corrected chi connectivity index (χ2v) is 8.66. The molecule has 3 rings (SSSR count). The number of nitrogens with one attached hydrogen (secondary N) is 2. The van der Waals surface area contributed by atoms with E-state index in [4.69, 9.17) is 4.74 Å². The summed E-state index contributed by atoms with van der Waals surface area (Å²) in [6, 6.07) is 26.9. The lowest BCUT2D eigenvalue weighted by atomic mass is 10.1. The summed E-state index contributed by atoms with van der Waals surface area (Å²) >= 11 is 1.48. The average molecular weight is 462 g/mol. The SMILES string of the molecule is C[C@H](Sc1ccccc1)C(=O)N/N=C\c1ccc(OCC(=O)NCCc2ccccc2)cc1. The zero-order chi connectivity index (χ0) is 23.3.